The fourth-order valence-electron chi connectivity index (χ4n) is 2.77. The number of carbonyl (C=O) groups is 2. The molecule has 3 aromatic rings. The van der Waals surface area contributed by atoms with Crippen LogP contribution in [0, 0.1) is 0 Å². The first-order valence-corrected chi connectivity index (χ1v) is 7.32. The first kappa shape index (κ1) is 13.5. The summed E-state index contributed by atoms with van der Waals surface area (Å²) < 4.78 is 1.86. The van der Waals surface area contributed by atoms with Crippen LogP contribution in [0.25, 0.3) is 5.65 Å². The fraction of sp³-hybridized carbons (Fsp3) is 0.118. The van der Waals surface area contributed by atoms with Crippen LogP contribution in [0.4, 0.5) is 4.79 Å². The molecule has 114 valence electrons. The number of amides is 3. The maximum atomic E-state index is 12.5. The highest BCUT2D eigenvalue weighted by Crippen LogP contribution is 2.23. The molecule has 6 nitrogen and oxygen atoms in total. The van der Waals surface area contributed by atoms with E-state index in [0.29, 0.717) is 5.69 Å². The molecule has 6 heteroatoms. The molecule has 4 rings (SSSR count). The van der Waals surface area contributed by atoms with Crippen molar-refractivity contribution in [3.63, 3.8) is 0 Å². The van der Waals surface area contributed by atoms with E-state index in [1.165, 1.54) is 4.90 Å². The molecule has 3 heterocycles. The summed E-state index contributed by atoms with van der Waals surface area (Å²) in [7, 11) is 0. The van der Waals surface area contributed by atoms with Crippen molar-refractivity contribution < 1.29 is 9.59 Å². The Kier molecular flexibility index (Phi) is 3.08. The van der Waals surface area contributed by atoms with Crippen LogP contribution in [0.3, 0.4) is 0 Å². The van der Waals surface area contributed by atoms with Crippen LogP contribution < -0.4 is 5.32 Å². The number of benzene rings is 1. The summed E-state index contributed by atoms with van der Waals surface area (Å²) in [5.41, 5.74) is 2.24. The summed E-state index contributed by atoms with van der Waals surface area (Å²) in [5.74, 6) is -0.252. The normalized spacial score (nSPS) is 17.7. The van der Waals surface area contributed by atoms with Gasteiger partial charge >= 0.3 is 6.03 Å². The number of pyridine rings is 1. The minimum Gasteiger partial charge on any atom is -0.322 e. The molecule has 1 atom stereocenters. The lowest BCUT2D eigenvalue weighted by Gasteiger charge is -2.11. The Morgan fingerprint density at radius 2 is 1.83 bits per heavy atom. The zero-order chi connectivity index (χ0) is 15.8. The molecule has 0 aliphatic carbocycles. The van der Waals surface area contributed by atoms with E-state index in [4.69, 9.17) is 0 Å². The number of nitrogens with zero attached hydrogens (tertiary/aromatic N) is 3. The van der Waals surface area contributed by atoms with Crippen molar-refractivity contribution >= 4 is 17.6 Å². The highest BCUT2D eigenvalue weighted by molar-refractivity contribution is 6.04. The highest BCUT2D eigenvalue weighted by Gasteiger charge is 2.39. The summed E-state index contributed by atoms with van der Waals surface area (Å²) in [5, 5.41) is 2.73. The van der Waals surface area contributed by atoms with Gasteiger partial charge in [0.2, 0.25) is 0 Å². The highest BCUT2D eigenvalue weighted by atomic mass is 16.2. The van der Waals surface area contributed by atoms with Crippen LogP contribution in [0.5, 0.6) is 0 Å². The van der Waals surface area contributed by atoms with Crippen molar-refractivity contribution in [2.24, 2.45) is 0 Å². The van der Waals surface area contributed by atoms with Gasteiger partial charge in [-0.25, -0.2) is 9.78 Å². The molecule has 2 aromatic heterocycles. The molecule has 1 aliphatic heterocycles. The molecular formula is C17H14N4O2. The smallest absolute Gasteiger partial charge is 0.322 e. The third-order valence-electron chi connectivity index (χ3n) is 3.89. The SMILES string of the molecule is O=C1NC(c2ccccc2)C(=O)N1Cc1cn2ccccc2n1. The van der Waals surface area contributed by atoms with Gasteiger partial charge in [0.15, 0.2) is 0 Å². The molecule has 3 amide bonds. The Morgan fingerprint density at radius 3 is 2.61 bits per heavy atom. The molecule has 1 aliphatic rings. The molecule has 0 bridgehead atoms. The van der Waals surface area contributed by atoms with Crippen LogP contribution in [0.2, 0.25) is 0 Å². The van der Waals surface area contributed by atoms with Gasteiger partial charge in [0.1, 0.15) is 11.7 Å². The van der Waals surface area contributed by atoms with Gasteiger partial charge in [-0.15, -0.1) is 0 Å². The minimum atomic E-state index is -0.624. The van der Waals surface area contributed by atoms with E-state index in [0.717, 1.165) is 11.2 Å². The zero-order valence-corrected chi connectivity index (χ0v) is 12.2. The van der Waals surface area contributed by atoms with Crippen molar-refractivity contribution in [2.45, 2.75) is 12.6 Å². The van der Waals surface area contributed by atoms with Gasteiger partial charge in [-0.3, -0.25) is 9.69 Å². The Hall–Kier alpha value is -3.15. The first-order valence-electron chi connectivity index (χ1n) is 7.32. The van der Waals surface area contributed by atoms with E-state index in [1.807, 2.05) is 65.3 Å². The third kappa shape index (κ3) is 2.34. The number of nitrogens with one attached hydrogen (secondary N) is 1. The molecule has 0 radical (unpaired) electrons. The van der Waals surface area contributed by atoms with Crippen LogP contribution >= 0.6 is 0 Å². The third-order valence-corrected chi connectivity index (χ3v) is 3.89. The van der Waals surface area contributed by atoms with Crippen molar-refractivity contribution in [3.8, 4) is 0 Å². The Bertz CT molecular complexity index is 855. The predicted octanol–water partition coefficient (Wildman–Crippen LogP) is 2.13. The van der Waals surface area contributed by atoms with E-state index < -0.39 is 6.04 Å². The molecule has 23 heavy (non-hydrogen) atoms. The van der Waals surface area contributed by atoms with Gasteiger partial charge in [-0.05, 0) is 17.7 Å². The number of fused-ring (bicyclic) bond motifs is 1. The second kappa shape index (κ2) is 5.24. The fourth-order valence-corrected chi connectivity index (χ4v) is 2.77. The van der Waals surface area contributed by atoms with E-state index in [9.17, 15) is 9.59 Å². The Balaban J connectivity index is 1.59. The molecule has 0 saturated carbocycles. The lowest BCUT2D eigenvalue weighted by atomic mass is 10.1. The topological polar surface area (TPSA) is 66.7 Å². The second-order valence-electron chi connectivity index (χ2n) is 5.42. The summed E-state index contributed by atoms with van der Waals surface area (Å²) >= 11 is 0. The molecule has 1 unspecified atom stereocenters. The number of imide groups is 1. The lowest BCUT2D eigenvalue weighted by Crippen LogP contribution is -2.30. The average molecular weight is 306 g/mol. The van der Waals surface area contributed by atoms with Crippen molar-refractivity contribution in [2.75, 3.05) is 0 Å². The number of carbonyl (C=O) groups excluding carboxylic acids is 2. The second-order valence-corrected chi connectivity index (χ2v) is 5.42. The van der Waals surface area contributed by atoms with E-state index in [1.54, 1.807) is 0 Å². The van der Waals surface area contributed by atoms with Crippen LogP contribution in [0.1, 0.15) is 17.3 Å². The summed E-state index contributed by atoms with van der Waals surface area (Å²) in [6, 6.07) is 13.9. The molecule has 1 saturated heterocycles. The van der Waals surface area contributed by atoms with Gasteiger partial charge in [0, 0.05) is 12.4 Å². The minimum absolute atomic E-state index is 0.162. The molecule has 1 N–H and O–H groups in total. The van der Waals surface area contributed by atoms with Crippen LogP contribution in [0.15, 0.2) is 60.9 Å². The number of urea groups is 1. The molecule has 1 aromatic carbocycles. The maximum absolute atomic E-state index is 12.5. The van der Waals surface area contributed by atoms with Crippen LogP contribution in [-0.2, 0) is 11.3 Å². The van der Waals surface area contributed by atoms with Gasteiger partial charge in [-0.2, -0.15) is 0 Å². The number of rotatable bonds is 3. The van der Waals surface area contributed by atoms with E-state index in [-0.39, 0.29) is 18.5 Å². The lowest BCUT2D eigenvalue weighted by molar-refractivity contribution is -0.128. The quantitative estimate of drug-likeness (QED) is 0.754. The number of imidazole rings is 1. The summed E-state index contributed by atoms with van der Waals surface area (Å²) in [6.45, 7) is 0.162. The van der Waals surface area contributed by atoms with E-state index >= 15 is 0 Å². The largest absolute Gasteiger partial charge is 0.325 e. The molecule has 0 spiro atoms. The molecular weight excluding hydrogens is 292 g/mol. The van der Waals surface area contributed by atoms with Gasteiger partial charge in [0.05, 0.1) is 12.2 Å². The maximum Gasteiger partial charge on any atom is 0.325 e. The Labute approximate surface area is 132 Å². The Morgan fingerprint density at radius 1 is 1.04 bits per heavy atom. The standard InChI is InChI=1S/C17H14N4O2/c22-16-15(12-6-2-1-3-7-12)19-17(23)21(16)11-13-10-20-9-5-4-8-14(20)18-13/h1-10,15H,11H2,(H,19,23). The number of hydrogen-bond acceptors (Lipinski definition) is 3. The van der Waals surface area contributed by atoms with Gasteiger partial charge < -0.3 is 9.72 Å². The average Bonchev–Trinajstić information content (AvgIpc) is 3.11. The van der Waals surface area contributed by atoms with Gasteiger partial charge in [-0.1, -0.05) is 36.4 Å². The van der Waals surface area contributed by atoms with E-state index in [2.05, 4.69) is 10.3 Å². The monoisotopic (exact) mass is 306 g/mol. The molecule has 1 fully saturated rings. The number of hydrogen-bond donors (Lipinski definition) is 1. The van der Waals surface area contributed by atoms with Crippen molar-refractivity contribution in [1.82, 2.24) is 19.6 Å². The summed E-state index contributed by atoms with van der Waals surface area (Å²) in [6.07, 6.45) is 3.70. The van der Waals surface area contributed by atoms with Crippen LogP contribution in [-0.4, -0.2) is 26.2 Å². The van der Waals surface area contributed by atoms with Crippen molar-refractivity contribution in [3.05, 3.63) is 72.2 Å². The first-order chi connectivity index (χ1) is 11.2. The summed E-state index contributed by atoms with van der Waals surface area (Å²) in [4.78, 5) is 30.3. The van der Waals surface area contributed by atoms with Gasteiger partial charge in [0.25, 0.3) is 5.91 Å². The predicted molar refractivity (Wildman–Crippen MR) is 83.5 cm³/mol. The van der Waals surface area contributed by atoms with Crippen molar-refractivity contribution in [1.29, 1.82) is 0 Å². The number of aromatic nitrogens is 2. The zero-order valence-electron chi connectivity index (χ0n) is 12.2.